The molecule has 0 saturated carbocycles. The Hall–Kier alpha value is -2.39. The first-order chi connectivity index (χ1) is 15.6. The summed E-state index contributed by atoms with van der Waals surface area (Å²) >= 11 is 1.54. The highest BCUT2D eigenvalue weighted by Gasteiger charge is 2.23. The fourth-order valence-electron chi connectivity index (χ4n) is 3.68. The number of methoxy groups -OCH3 is 1. The van der Waals surface area contributed by atoms with Crippen LogP contribution in [-0.4, -0.2) is 68.9 Å². The molecule has 1 amide bonds. The molecule has 178 valence electrons. The largest absolute Gasteiger partial charge is 0.493 e. The van der Waals surface area contributed by atoms with Crippen LogP contribution < -0.4 is 14.4 Å². The second-order valence-corrected chi connectivity index (χ2v) is 8.80. The number of aryl methyl sites for hydroxylation is 2. The maximum absolute atomic E-state index is 13.3. The molecule has 4 rings (SSSR count). The second-order valence-electron chi connectivity index (χ2n) is 7.79. The van der Waals surface area contributed by atoms with Crippen LogP contribution in [0.1, 0.15) is 11.1 Å². The summed E-state index contributed by atoms with van der Waals surface area (Å²) < 4.78 is 17.7. The van der Waals surface area contributed by atoms with Crippen molar-refractivity contribution in [2.75, 3.05) is 58.0 Å². The normalized spacial score (nSPS) is 14.0. The van der Waals surface area contributed by atoms with Gasteiger partial charge in [-0.3, -0.25) is 14.6 Å². The van der Waals surface area contributed by atoms with Gasteiger partial charge in [-0.15, -0.1) is 12.4 Å². The molecule has 0 aliphatic carbocycles. The Morgan fingerprint density at radius 2 is 1.88 bits per heavy atom. The number of aromatic nitrogens is 1. The summed E-state index contributed by atoms with van der Waals surface area (Å²) in [6.07, 6.45) is 0. The van der Waals surface area contributed by atoms with Gasteiger partial charge in [0.15, 0.2) is 23.2 Å². The van der Waals surface area contributed by atoms with Crippen molar-refractivity contribution in [2.45, 2.75) is 13.8 Å². The van der Waals surface area contributed by atoms with Crippen LogP contribution in [0.25, 0.3) is 10.2 Å². The first kappa shape index (κ1) is 25.2. The van der Waals surface area contributed by atoms with Crippen LogP contribution in [0, 0.1) is 13.8 Å². The molecular formula is C24H30ClN3O4S. The molecule has 0 radical (unpaired) electrons. The first-order valence-electron chi connectivity index (χ1n) is 10.8. The lowest BCUT2D eigenvalue weighted by Gasteiger charge is -2.29. The number of benzene rings is 2. The summed E-state index contributed by atoms with van der Waals surface area (Å²) in [6.45, 7) is 8.58. The number of nitrogens with zero attached hydrogens (tertiary/aromatic N) is 3. The lowest BCUT2D eigenvalue weighted by atomic mass is 10.1. The summed E-state index contributed by atoms with van der Waals surface area (Å²) in [5.41, 5.74) is 3.30. The Kier molecular flexibility index (Phi) is 8.91. The van der Waals surface area contributed by atoms with E-state index in [0.717, 1.165) is 48.6 Å². The van der Waals surface area contributed by atoms with Gasteiger partial charge in [-0.25, -0.2) is 4.98 Å². The Labute approximate surface area is 204 Å². The van der Waals surface area contributed by atoms with Crippen molar-refractivity contribution in [3.63, 3.8) is 0 Å². The number of carbonyl (C=O) groups excluding carboxylic acids is 1. The lowest BCUT2D eigenvalue weighted by Crippen LogP contribution is -2.44. The average molecular weight is 492 g/mol. The van der Waals surface area contributed by atoms with E-state index in [0.29, 0.717) is 23.2 Å². The van der Waals surface area contributed by atoms with Crippen molar-refractivity contribution in [1.82, 2.24) is 9.88 Å². The van der Waals surface area contributed by atoms with Crippen molar-refractivity contribution in [3.05, 3.63) is 47.5 Å². The molecule has 1 fully saturated rings. The van der Waals surface area contributed by atoms with Gasteiger partial charge in [0, 0.05) is 26.2 Å². The van der Waals surface area contributed by atoms with Crippen molar-refractivity contribution >= 4 is 45.0 Å². The van der Waals surface area contributed by atoms with Crippen LogP contribution in [0.2, 0.25) is 0 Å². The number of thiazole rings is 1. The summed E-state index contributed by atoms with van der Waals surface area (Å²) in [7, 11) is 1.59. The fraction of sp³-hybridized carbons (Fsp3) is 0.417. The van der Waals surface area contributed by atoms with Crippen LogP contribution in [0.5, 0.6) is 11.5 Å². The van der Waals surface area contributed by atoms with Gasteiger partial charge in [0.1, 0.15) is 0 Å². The number of hydrogen-bond donors (Lipinski definition) is 0. The van der Waals surface area contributed by atoms with Crippen molar-refractivity contribution in [1.29, 1.82) is 0 Å². The SMILES string of the molecule is COc1ccccc1OCC(=O)N(CCN1CCOCC1)c1nc2c(C)c(C)ccc2s1.Cl. The number of morpholine rings is 1. The zero-order valence-electron chi connectivity index (χ0n) is 19.2. The molecule has 1 aliphatic rings. The first-order valence-corrected chi connectivity index (χ1v) is 11.6. The van der Waals surface area contributed by atoms with E-state index in [2.05, 4.69) is 30.9 Å². The third-order valence-electron chi connectivity index (χ3n) is 5.77. The predicted molar refractivity (Wildman–Crippen MR) is 134 cm³/mol. The number of halogens is 1. The molecule has 3 aromatic rings. The summed E-state index contributed by atoms with van der Waals surface area (Å²) in [4.78, 5) is 22.2. The molecular weight excluding hydrogens is 462 g/mol. The van der Waals surface area contributed by atoms with E-state index < -0.39 is 0 Å². The maximum atomic E-state index is 13.3. The minimum atomic E-state index is -0.127. The Morgan fingerprint density at radius 1 is 1.15 bits per heavy atom. The topological polar surface area (TPSA) is 64.1 Å². The number of para-hydroxylation sites is 2. The average Bonchev–Trinajstić information content (AvgIpc) is 3.26. The minimum absolute atomic E-state index is 0. The highest BCUT2D eigenvalue weighted by molar-refractivity contribution is 7.22. The molecule has 1 aromatic heterocycles. The number of carbonyl (C=O) groups is 1. The summed E-state index contributed by atoms with van der Waals surface area (Å²) in [5.74, 6) is 1.02. The van der Waals surface area contributed by atoms with E-state index in [4.69, 9.17) is 19.2 Å². The molecule has 1 aliphatic heterocycles. The van der Waals surface area contributed by atoms with Gasteiger partial charge in [0.05, 0.1) is 30.5 Å². The summed E-state index contributed by atoms with van der Waals surface area (Å²) in [5, 5.41) is 0.704. The standard InChI is InChI=1S/C24H29N3O4S.ClH/c1-17-8-9-21-23(18(17)2)25-24(32-21)27(11-10-26-12-14-30-15-13-26)22(28)16-31-20-7-5-4-6-19(20)29-3;/h4-9H,10-16H2,1-3H3;1H. The molecule has 0 N–H and O–H groups in total. The number of hydrogen-bond acceptors (Lipinski definition) is 7. The zero-order valence-corrected chi connectivity index (χ0v) is 20.8. The number of anilines is 1. The maximum Gasteiger partial charge on any atom is 0.266 e. The van der Waals surface area contributed by atoms with Crippen LogP contribution in [0.4, 0.5) is 5.13 Å². The monoisotopic (exact) mass is 491 g/mol. The van der Waals surface area contributed by atoms with Gasteiger partial charge in [-0.2, -0.15) is 0 Å². The third kappa shape index (κ3) is 5.95. The van der Waals surface area contributed by atoms with Gasteiger partial charge in [0.2, 0.25) is 0 Å². The number of amides is 1. The van der Waals surface area contributed by atoms with Crippen LogP contribution in [-0.2, 0) is 9.53 Å². The van der Waals surface area contributed by atoms with Crippen LogP contribution in [0.3, 0.4) is 0 Å². The van der Waals surface area contributed by atoms with Crippen LogP contribution in [0.15, 0.2) is 36.4 Å². The van der Waals surface area contributed by atoms with Gasteiger partial charge in [-0.05, 0) is 43.2 Å². The molecule has 1 saturated heterocycles. The van der Waals surface area contributed by atoms with Gasteiger partial charge in [0.25, 0.3) is 5.91 Å². The smallest absolute Gasteiger partial charge is 0.266 e. The van der Waals surface area contributed by atoms with E-state index in [1.807, 2.05) is 18.2 Å². The number of fused-ring (bicyclic) bond motifs is 1. The van der Waals surface area contributed by atoms with E-state index in [1.165, 1.54) is 5.56 Å². The molecule has 2 heterocycles. The Morgan fingerprint density at radius 3 is 2.61 bits per heavy atom. The number of rotatable bonds is 8. The molecule has 9 heteroatoms. The van der Waals surface area contributed by atoms with Crippen molar-refractivity contribution in [2.24, 2.45) is 0 Å². The number of ether oxygens (including phenoxy) is 3. The van der Waals surface area contributed by atoms with Gasteiger partial charge >= 0.3 is 0 Å². The van der Waals surface area contributed by atoms with Gasteiger partial charge in [-0.1, -0.05) is 29.5 Å². The zero-order chi connectivity index (χ0) is 22.5. The molecule has 33 heavy (non-hydrogen) atoms. The molecule has 0 atom stereocenters. The van der Waals surface area contributed by atoms with Crippen LogP contribution >= 0.6 is 23.7 Å². The molecule has 0 bridgehead atoms. The molecule has 0 spiro atoms. The third-order valence-corrected chi connectivity index (χ3v) is 6.81. The fourth-order valence-corrected chi connectivity index (χ4v) is 4.75. The highest BCUT2D eigenvalue weighted by atomic mass is 35.5. The van der Waals surface area contributed by atoms with Crippen molar-refractivity contribution < 1.29 is 19.0 Å². The minimum Gasteiger partial charge on any atom is -0.493 e. The van der Waals surface area contributed by atoms with E-state index >= 15 is 0 Å². The highest BCUT2D eigenvalue weighted by Crippen LogP contribution is 2.32. The van der Waals surface area contributed by atoms with E-state index in [9.17, 15) is 4.79 Å². The molecule has 7 nitrogen and oxygen atoms in total. The van der Waals surface area contributed by atoms with E-state index in [-0.39, 0.29) is 24.9 Å². The summed E-state index contributed by atoms with van der Waals surface area (Å²) in [6, 6.07) is 11.5. The van der Waals surface area contributed by atoms with Gasteiger partial charge < -0.3 is 14.2 Å². The lowest BCUT2D eigenvalue weighted by molar-refractivity contribution is -0.120. The second kappa shape index (κ2) is 11.7. The molecule has 0 unspecified atom stereocenters. The Balaban J connectivity index is 0.00000306. The quantitative estimate of drug-likeness (QED) is 0.473. The van der Waals surface area contributed by atoms with Crippen molar-refractivity contribution in [3.8, 4) is 11.5 Å². The molecule has 2 aromatic carbocycles. The Bertz CT molecular complexity index is 1080. The van der Waals surface area contributed by atoms with E-state index in [1.54, 1.807) is 29.4 Å². The predicted octanol–water partition coefficient (Wildman–Crippen LogP) is 4.09.